The van der Waals surface area contributed by atoms with E-state index in [1.165, 1.54) is 11.1 Å². The summed E-state index contributed by atoms with van der Waals surface area (Å²) < 4.78 is 12.9. The van der Waals surface area contributed by atoms with Crippen LogP contribution in [0.15, 0.2) is 41.5 Å². The standard InChI is InChI=1S/C22H28N6O2/c1-4-23-22(24-10-8-21-26-25-20-7-5-6-11-28(20)21)27-12-9-16-13-18(29-2)19(30-3)14-17(16)15-27/h5-7,11,13-14H,4,8-10,12,15H2,1-3H3,(H,23,24). The molecule has 0 fully saturated rings. The molecular formula is C22H28N6O2. The van der Waals surface area contributed by atoms with Crippen molar-refractivity contribution in [3.63, 3.8) is 0 Å². The fraction of sp³-hybridized carbons (Fsp3) is 0.409. The fourth-order valence-electron chi connectivity index (χ4n) is 3.81. The third-order valence-electron chi connectivity index (χ3n) is 5.33. The number of nitrogens with zero attached hydrogens (tertiary/aromatic N) is 5. The molecule has 0 amide bonds. The van der Waals surface area contributed by atoms with Crippen molar-refractivity contribution in [3.8, 4) is 11.5 Å². The second-order valence-electron chi connectivity index (χ2n) is 7.18. The lowest BCUT2D eigenvalue weighted by Crippen LogP contribution is -2.44. The molecule has 1 aliphatic heterocycles. The van der Waals surface area contributed by atoms with Crippen LogP contribution in [0.5, 0.6) is 11.5 Å². The maximum Gasteiger partial charge on any atom is 0.194 e. The third-order valence-corrected chi connectivity index (χ3v) is 5.33. The smallest absolute Gasteiger partial charge is 0.194 e. The van der Waals surface area contributed by atoms with Gasteiger partial charge in [-0.1, -0.05) is 6.07 Å². The minimum absolute atomic E-state index is 0.646. The molecule has 0 unspecified atom stereocenters. The van der Waals surface area contributed by atoms with Crippen molar-refractivity contribution in [2.75, 3.05) is 33.9 Å². The topological polar surface area (TPSA) is 76.3 Å². The van der Waals surface area contributed by atoms with Gasteiger partial charge in [-0.25, -0.2) is 0 Å². The van der Waals surface area contributed by atoms with E-state index in [4.69, 9.17) is 14.5 Å². The Balaban J connectivity index is 1.49. The number of hydrogen-bond donors (Lipinski definition) is 1. The summed E-state index contributed by atoms with van der Waals surface area (Å²) in [6.07, 6.45) is 3.66. The quantitative estimate of drug-likeness (QED) is 0.498. The van der Waals surface area contributed by atoms with Gasteiger partial charge in [0.25, 0.3) is 0 Å². The van der Waals surface area contributed by atoms with E-state index in [2.05, 4.69) is 39.5 Å². The molecule has 3 heterocycles. The maximum atomic E-state index is 5.48. The highest BCUT2D eigenvalue weighted by Gasteiger charge is 2.21. The summed E-state index contributed by atoms with van der Waals surface area (Å²) in [4.78, 5) is 7.15. The van der Waals surface area contributed by atoms with Gasteiger partial charge in [-0.05, 0) is 48.7 Å². The highest BCUT2D eigenvalue weighted by atomic mass is 16.5. The van der Waals surface area contributed by atoms with Crippen LogP contribution in [-0.4, -0.2) is 59.3 Å². The van der Waals surface area contributed by atoms with Crippen molar-refractivity contribution in [3.05, 3.63) is 53.5 Å². The maximum absolute atomic E-state index is 5.48. The third kappa shape index (κ3) is 4.03. The van der Waals surface area contributed by atoms with Crippen molar-refractivity contribution >= 4 is 11.6 Å². The van der Waals surface area contributed by atoms with E-state index in [0.29, 0.717) is 6.54 Å². The Bertz CT molecular complexity index is 1050. The molecule has 30 heavy (non-hydrogen) atoms. The van der Waals surface area contributed by atoms with Gasteiger partial charge in [0.05, 0.1) is 14.2 Å². The number of aliphatic imine (C=N–C) groups is 1. The molecule has 0 aliphatic carbocycles. The first-order valence-corrected chi connectivity index (χ1v) is 10.3. The molecule has 0 bridgehead atoms. The van der Waals surface area contributed by atoms with Crippen molar-refractivity contribution in [2.45, 2.75) is 26.3 Å². The summed E-state index contributed by atoms with van der Waals surface area (Å²) in [6.45, 7) is 5.25. The van der Waals surface area contributed by atoms with Gasteiger partial charge in [0, 0.05) is 38.8 Å². The largest absolute Gasteiger partial charge is 0.493 e. The van der Waals surface area contributed by atoms with Gasteiger partial charge >= 0.3 is 0 Å². The van der Waals surface area contributed by atoms with Crippen molar-refractivity contribution < 1.29 is 9.47 Å². The zero-order valence-electron chi connectivity index (χ0n) is 17.8. The number of nitrogens with one attached hydrogen (secondary N) is 1. The van der Waals surface area contributed by atoms with E-state index in [9.17, 15) is 0 Å². The molecule has 0 spiro atoms. The normalized spacial score (nSPS) is 14.0. The zero-order valence-corrected chi connectivity index (χ0v) is 17.8. The second-order valence-corrected chi connectivity index (χ2v) is 7.18. The molecule has 0 radical (unpaired) electrons. The van der Waals surface area contributed by atoms with Gasteiger partial charge in [0.2, 0.25) is 0 Å². The lowest BCUT2D eigenvalue weighted by atomic mass is 9.99. The van der Waals surface area contributed by atoms with E-state index in [0.717, 1.165) is 61.4 Å². The molecule has 2 aromatic heterocycles. The number of rotatable bonds is 6. The molecular weight excluding hydrogens is 380 g/mol. The molecule has 3 aromatic rings. The molecule has 0 saturated heterocycles. The van der Waals surface area contributed by atoms with Gasteiger partial charge in [0.1, 0.15) is 5.82 Å². The highest BCUT2D eigenvalue weighted by molar-refractivity contribution is 5.80. The van der Waals surface area contributed by atoms with E-state index < -0.39 is 0 Å². The van der Waals surface area contributed by atoms with E-state index in [-0.39, 0.29) is 0 Å². The van der Waals surface area contributed by atoms with Crippen LogP contribution in [-0.2, 0) is 19.4 Å². The Morgan fingerprint density at radius 2 is 1.93 bits per heavy atom. The van der Waals surface area contributed by atoms with E-state index in [1.54, 1.807) is 14.2 Å². The van der Waals surface area contributed by atoms with Gasteiger partial charge < -0.3 is 19.7 Å². The lowest BCUT2D eigenvalue weighted by Gasteiger charge is -2.32. The summed E-state index contributed by atoms with van der Waals surface area (Å²) in [5, 5.41) is 11.9. The van der Waals surface area contributed by atoms with Crippen molar-refractivity contribution in [2.24, 2.45) is 4.99 Å². The summed E-state index contributed by atoms with van der Waals surface area (Å²) in [6, 6.07) is 10.1. The number of fused-ring (bicyclic) bond motifs is 2. The number of ether oxygens (including phenoxy) is 2. The van der Waals surface area contributed by atoms with Crippen molar-refractivity contribution in [1.82, 2.24) is 24.8 Å². The number of guanidine groups is 1. The number of hydrogen-bond acceptors (Lipinski definition) is 5. The molecule has 8 nitrogen and oxygen atoms in total. The average molecular weight is 409 g/mol. The van der Waals surface area contributed by atoms with Crippen LogP contribution in [0.4, 0.5) is 0 Å². The van der Waals surface area contributed by atoms with Crippen LogP contribution >= 0.6 is 0 Å². The SMILES string of the molecule is CCNC(=NCCc1nnc2ccccn12)N1CCc2cc(OC)c(OC)cc2C1. The summed E-state index contributed by atoms with van der Waals surface area (Å²) >= 11 is 0. The Labute approximate surface area is 176 Å². The van der Waals surface area contributed by atoms with Gasteiger partial charge in [-0.2, -0.15) is 0 Å². The monoisotopic (exact) mass is 408 g/mol. The number of pyridine rings is 1. The Hall–Kier alpha value is -3.29. The average Bonchev–Trinajstić information content (AvgIpc) is 3.20. The predicted molar refractivity (Wildman–Crippen MR) is 116 cm³/mol. The van der Waals surface area contributed by atoms with Crippen LogP contribution in [0, 0.1) is 0 Å². The second kappa shape index (κ2) is 9.02. The summed E-state index contributed by atoms with van der Waals surface area (Å²) in [7, 11) is 3.35. The Kier molecular flexibility index (Phi) is 6.02. The number of benzene rings is 1. The Morgan fingerprint density at radius 1 is 1.13 bits per heavy atom. The first-order valence-electron chi connectivity index (χ1n) is 10.3. The summed E-state index contributed by atoms with van der Waals surface area (Å²) in [5.41, 5.74) is 3.41. The van der Waals surface area contributed by atoms with Gasteiger partial charge in [0.15, 0.2) is 23.1 Å². The van der Waals surface area contributed by atoms with Crippen LogP contribution < -0.4 is 14.8 Å². The van der Waals surface area contributed by atoms with E-state index >= 15 is 0 Å². The first kappa shape index (κ1) is 20.0. The van der Waals surface area contributed by atoms with Crippen molar-refractivity contribution in [1.29, 1.82) is 0 Å². The van der Waals surface area contributed by atoms with Gasteiger partial charge in [-0.15, -0.1) is 10.2 Å². The van der Waals surface area contributed by atoms with Crippen LogP contribution in [0.25, 0.3) is 5.65 Å². The number of aromatic nitrogens is 3. The van der Waals surface area contributed by atoms with Crippen LogP contribution in [0.1, 0.15) is 23.9 Å². The number of methoxy groups -OCH3 is 2. The lowest BCUT2D eigenvalue weighted by molar-refractivity contribution is 0.346. The minimum Gasteiger partial charge on any atom is -0.493 e. The zero-order chi connectivity index (χ0) is 20.9. The molecule has 1 N–H and O–H groups in total. The first-order chi connectivity index (χ1) is 14.7. The molecule has 0 saturated carbocycles. The van der Waals surface area contributed by atoms with Crippen LogP contribution in [0.3, 0.4) is 0 Å². The summed E-state index contributed by atoms with van der Waals surface area (Å²) in [5.74, 6) is 3.39. The Morgan fingerprint density at radius 3 is 2.70 bits per heavy atom. The molecule has 8 heteroatoms. The fourth-order valence-corrected chi connectivity index (χ4v) is 3.81. The van der Waals surface area contributed by atoms with Gasteiger partial charge in [-0.3, -0.25) is 9.39 Å². The predicted octanol–water partition coefficient (Wildman–Crippen LogP) is 2.31. The molecule has 4 rings (SSSR count). The van der Waals surface area contributed by atoms with Crippen LogP contribution in [0.2, 0.25) is 0 Å². The molecule has 1 aromatic carbocycles. The molecule has 158 valence electrons. The molecule has 0 atom stereocenters. The highest BCUT2D eigenvalue weighted by Crippen LogP contribution is 2.33. The van der Waals surface area contributed by atoms with E-state index in [1.807, 2.05) is 28.8 Å². The molecule has 1 aliphatic rings. The minimum atomic E-state index is 0.646.